The van der Waals surface area contributed by atoms with Crippen molar-refractivity contribution in [2.24, 2.45) is 11.3 Å². The van der Waals surface area contributed by atoms with Crippen LogP contribution in [0.25, 0.3) is 11.3 Å². The van der Waals surface area contributed by atoms with E-state index in [0.717, 1.165) is 73.9 Å². The number of anilines is 1. The number of carbonyl (C=O) groups is 3. The molecule has 4 amide bonds. The number of hydrogen-bond donors (Lipinski definition) is 5. The number of phenolic OH excluding ortho intramolecular Hbond substituents is 1. The zero-order valence-electron chi connectivity index (χ0n) is 40.4. The zero-order chi connectivity index (χ0) is 47.7. The van der Waals surface area contributed by atoms with E-state index in [9.17, 15) is 24.6 Å². The first-order valence-electron chi connectivity index (χ1n) is 25.3. The lowest BCUT2D eigenvalue weighted by Crippen LogP contribution is -2.61. The number of fused-ring (bicyclic) bond motifs is 3. The van der Waals surface area contributed by atoms with E-state index in [1.165, 1.54) is 49.0 Å². The Morgan fingerprint density at radius 2 is 1.60 bits per heavy atom. The van der Waals surface area contributed by atoms with Gasteiger partial charge in [-0.3, -0.25) is 19.4 Å². The first-order chi connectivity index (χ1) is 32.7. The molecule has 1 saturated carbocycles. The van der Waals surface area contributed by atoms with Crippen LogP contribution in [-0.4, -0.2) is 164 Å². The maximum absolute atomic E-state index is 14.2. The van der Waals surface area contributed by atoms with Crippen LogP contribution in [-0.2, 0) is 16.1 Å². The Balaban J connectivity index is 0.705. The van der Waals surface area contributed by atoms with Crippen LogP contribution < -0.4 is 16.0 Å². The van der Waals surface area contributed by atoms with Crippen molar-refractivity contribution in [3.8, 4) is 29.4 Å². The van der Waals surface area contributed by atoms with Gasteiger partial charge >= 0.3 is 6.03 Å². The largest absolute Gasteiger partial charge is 0.507 e. The molecular formula is C53H72N10O5. The molecule has 6 atom stereocenters. The van der Waals surface area contributed by atoms with Crippen LogP contribution in [0.2, 0.25) is 0 Å². The zero-order valence-corrected chi connectivity index (χ0v) is 40.4. The van der Waals surface area contributed by atoms with Crippen LogP contribution in [0.5, 0.6) is 5.75 Å². The minimum atomic E-state index is -0.878. The number of phenols is 1. The molecule has 5 N–H and O–H groups in total. The van der Waals surface area contributed by atoms with E-state index in [1.54, 1.807) is 6.07 Å². The number of terminal acetylenes is 1. The molecule has 5 fully saturated rings. The third kappa shape index (κ3) is 10.3. The number of aromatic hydroxyl groups is 1. The third-order valence-corrected chi connectivity index (χ3v) is 16.2. The summed E-state index contributed by atoms with van der Waals surface area (Å²) in [5, 5.41) is 39.9. The van der Waals surface area contributed by atoms with E-state index in [1.807, 2.05) is 68.1 Å². The van der Waals surface area contributed by atoms with Crippen LogP contribution in [0.1, 0.15) is 102 Å². The second-order valence-corrected chi connectivity index (χ2v) is 21.5. The summed E-state index contributed by atoms with van der Waals surface area (Å²) in [6.45, 7) is 15.6. The number of likely N-dealkylation sites (tertiary alicyclic amines) is 3. The Kier molecular flexibility index (Phi) is 14.3. The molecule has 1 aliphatic carbocycles. The summed E-state index contributed by atoms with van der Waals surface area (Å²) in [7, 11) is 0. The predicted octanol–water partition coefficient (Wildman–Crippen LogP) is 4.85. The third-order valence-electron chi connectivity index (χ3n) is 16.2. The van der Waals surface area contributed by atoms with Gasteiger partial charge in [-0.15, -0.1) is 16.6 Å². The number of aliphatic hydroxyl groups excluding tert-OH is 1. The van der Waals surface area contributed by atoms with Gasteiger partial charge in [0.1, 0.15) is 17.8 Å². The van der Waals surface area contributed by atoms with E-state index in [0.29, 0.717) is 49.1 Å². The van der Waals surface area contributed by atoms with Crippen molar-refractivity contribution in [3.05, 3.63) is 71.3 Å². The van der Waals surface area contributed by atoms with E-state index in [4.69, 9.17) is 6.42 Å². The lowest BCUT2D eigenvalue weighted by molar-refractivity contribution is -0.142. The summed E-state index contributed by atoms with van der Waals surface area (Å²) in [5.74, 6) is 3.99. The van der Waals surface area contributed by atoms with Gasteiger partial charge in [0, 0.05) is 106 Å². The molecule has 4 saturated heterocycles. The first-order valence-corrected chi connectivity index (χ1v) is 25.3. The van der Waals surface area contributed by atoms with Gasteiger partial charge in [-0.25, -0.2) is 4.79 Å². The highest BCUT2D eigenvalue weighted by Gasteiger charge is 2.47. The molecule has 0 radical (unpaired) electrons. The van der Waals surface area contributed by atoms with Gasteiger partial charge in [-0.2, -0.15) is 0 Å². The summed E-state index contributed by atoms with van der Waals surface area (Å²) in [6, 6.07) is 16.9. The molecule has 9 rings (SSSR count). The van der Waals surface area contributed by atoms with Crippen molar-refractivity contribution in [2.45, 2.75) is 134 Å². The first kappa shape index (κ1) is 47.8. The van der Waals surface area contributed by atoms with E-state index >= 15 is 0 Å². The number of nitrogens with zero attached hydrogens (tertiary/aromatic N) is 7. The van der Waals surface area contributed by atoms with Gasteiger partial charge in [0.25, 0.3) is 0 Å². The number of piperidine rings is 2. The molecule has 2 aromatic carbocycles. The quantitative estimate of drug-likeness (QED) is 0.177. The maximum atomic E-state index is 14.2. The number of urea groups is 1. The van der Waals surface area contributed by atoms with Crippen molar-refractivity contribution in [1.82, 2.24) is 45.3 Å². The second kappa shape index (κ2) is 20.4. The number of nitrogens with one attached hydrogen (secondary N) is 3. The van der Waals surface area contributed by atoms with Crippen LogP contribution in [0.4, 0.5) is 10.6 Å². The molecule has 15 heteroatoms. The molecule has 364 valence electrons. The normalized spacial score (nSPS) is 27.7. The van der Waals surface area contributed by atoms with E-state index in [-0.39, 0.29) is 43.1 Å². The molecule has 68 heavy (non-hydrogen) atoms. The Hall–Kier alpha value is -5.27. The molecule has 6 aliphatic rings. The predicted molar refractivity (Wildman–Crippen MR) is 263 cm³/mol. The molecule has 2 unspecified atom stereocenters. The summed E-state index contributed by atoms with van der Waals surface area (Å²) in [4.78, 5) is 52.7. The highest BCUT2D eigenvalue weighted by atomic mass is 16.3. The Morgan fingerprint density at radius 1 is 0.897 bits per heavy atom. The highest BCUT2D eigenvalue weighted by molar-refractivity contribution is 5.93. The molecule has 15 nitrogen and oxygen atoms in total. The minimum Gasteiger partial charge on any atom is -0.507 e. The minimum absolute atomic E-state index is 0.0324. The summed E-state index contributed by atoms with van der Waals surface area (Å²) in [5.41, 5.74) is 3.66. The molecule has 5 aliphatic heterocycles. The van der Waals surface area contributed by atoms with Gasteiger partial charge in [-0.05, 0) is 112 Å². The van der Waals surface area contributed by atoms with Crippen molar-refractivity contribution < 1.29 is 24.6 Å². The average Bonchev–Trinajstić information content (AvgIpc) is 3.93. The van der Waals surface area contributed by atoms with Crippen molar-refractivity contribution in [2.75, 3.05) is 64.2 Å². The van der Waals surface area contributed by atoms with Crippen LogP contribution >= 0.6 is 0 Å². The SMILES string of the molecule is C#Cc1ccc(CNC(=O)[C@@H]2C[C@@H](O)CN2C(=O)[C@@H](NC(=O)N2CCN(CC3CCN(C4CCC(N5CCC6Nc7nnc(-c8ccccc8O)cc7C6[C@H]5C)CC4)CC3)CC2)C(C)(C)C)cc1. The smallest absolute Gasteiger partial charge is 0.318 e. The number of hydrogen-bond acceptors (Lipinski definition) is 11. The van der Waals surface area contributed by atoms with Gasteiger partial charge in [0.2, 0.25) is 11.8 Å². The second-order valence-electron chi connectivity index (χ2n) is 21.5. The monoisotopic (exact) mass is 929 g/mol. The Morgan fingerprint density at radius 3 is 2.29 bits per heavy atom. The lowest BCUT2D eigenvalue weighted by atomic mass is 9.80. The fraction of sp³-hybridized carbons (Fsp3) is 0.604. The fourth-order valence-electron chi connectivity index (χ4n) is 12.3. The fourth-order valence-corrected chi connectivity index (χ4v) is 12.3. The highest BCUT2D eigenvalue weighted by Crippen LogP contribution is 2.45. The Labute approximate surface area is 402 Å². The summed E-state index contributed by atoms with van der Waals surface area (Å²) >= 11 is 0. The van der Waals surface area contributed by atoms with Crippen molar-refractivity contribution in [3.63, 3.8) is 0 Å². The number of aliphatic hydroxyl groups is 1. The number of piperazine rings is 1. The van der Waals surface area contributed by atoms with Crippen LogP contribution in [0.15, 0.2) is 54.6 Å². The molecule has 1 aromatic heterocycles. The van der Waals surface area contributed by atoms with Gasteiger partial charge < -0.3 is 40.9 Å². The number of β-amino-alcohol motifs (C(OH)–C–C–N with tert-alkyl or cyclic N) is 1. The number of carbonyl (C=O) groups excluding carboxylic acids is 3. The van der Waals surface area contributed by atoms with E-state index in [2.05, 4.69) is 59.8 Å². The molecule has 6 heterocycles. The number of aromatic nitrogens is 2. The van der Waals surface area contributed by atoms with Crippen molar-refractivity contribution in [1.29, 1.82) is 0 Å². The molecule has 3 aromatic rings. The van der Waals surface area contributed by atoms with Gasteiger partial charge in [0.05, 0.1) is 11.8 Å². The number of benzene rings is 2. The average molecular weight is 929 g/mol. The van der Waals surface area contributed by atoms with Gasteiger partial charge in [-0.1, -0.05) is 51.0 Å². The summed E-state index contributed by atoms with van der Waals surface area (Å²) in [6.07, 6.45) is 13.2. The molecule has 0 spiro atoms. The van der Waals surface area contributed by atoms with E-state index < -0.39 is 23.6 Å². The standard InChI is InChI=1S/C53H72N10O5/c1-6-35-11-13-36(14-12-35)31-54-50(66)45-29-40(64)33-63(45)51(67)48(53(3,4)5)56-52(68)61-27-25-59(26-28-61)32-37-19-22-60(23-20-37)38-15-17-39(18-16-38)62-24-21-43-47(34(62)2)42-30-44(57-58-49(42)55-43)41-9-7-8-10-46(41)65/h1,7-14,30,34,37-40,43,45,47-48,64-65H,15-29,31-33H2,2-5H3,(H,54,66)(H,55,58)(H,56,68)/t34-,38?,39?,40-,43?,45+,47?,48-/m1/s1. The topological polar surface area (TPSA) is 170 Å². The summed E-state index contributed by atoms with van der Waals surface area (Å²) < 4.78 is 0. The molecule has 0 bridgehead atoms. The Bertz CT molecular complexity index is 2310. The maximum Gasteiger partial charge on any atom is 0.318 e. The van der Waals surface area contributed by atoms with Crippen LogP contribution in [0.3, 0.4) is 0 Å². The molecular weight excluding hydrogens is 857 g/mol. The number of amides is 4. The van der Waals surface area contributed by atoms with Gasteiger partial charge in [0.15, 0.2) is 5.82 Å². The lowest BCUT2D eigenvalue weighted by Gasteiger charge is -2.48. The van der Waals surface area contributed by atoms with Crippen molar-refractivity contribution >= 4 is 23.7 Å². The number of rotatable bonds is 10. The number of para-hydroxylation sites is 1. The van der Waals surface area contributed by atoms with Crippen LogP contribution in [0, 0.1) is 23.7 Å².